The Labute approximate surface area is 121 Å². The van der Waals surface area contributed by atoms with Crippen LogP contribution < -0.4 is 4.90 Å². The van der Waals surface area contributed by atoms with Gasteiger partial charge in [0.25, 0.3) is 0 Å². The number of aliphatic carboxylic acids is 1. The minimum absolute atomic E-state index is 0.107. The van der Waals surface area contributed by atoms with Gasteiger partial charge in [-0.1, -0.05) is 0 Å². The monoisotopic (exact) mass is 343 g/mol. The predicted molar refractivity (Wildman–Crippen MR) is 71.4 cm³/mol. The van der Waals surface area contributed by atoms with Gasteiger partial charge < -0.3 is 5.11 Å². The number of hydrogen-bond donors (Lipinski definition) is 1. The van der Waals surface area contributed by atoms with Crippen molar-refractivity contribution in [3.63, 3.8) is 0 Å². The van der Waals surface area contributed by atoms with Crippen LogP contribution in [0.4, 0.5) is 11.5 Å². The topological polar surface area (TPSA) is 114 Å². The molecule has 1 N–H and O–H groups in total. The Hall–Kier alpha value is -2.03. The van der Waals surface area contributed by atoms with Crippen molar-refractivity contribution in [2.45, 2.75) is 13.3 Å². The fraction of sp³-hybridized carbons (Fsp3) is 0.364. The number of hydrogen-bond acceptors (Lipinski definition) is 5. The normalized spacial score (nSPS) is 18.4. The molecule has 0 spiro atoms. The molecule has 1 amide bonds. The van der Waals surface area contributed by atoms with Gasteiger partial charge >= 0.3 is 11.7 Å². The first-order valence-corrected chi connectivity index (χ1v) is 6.45. The summed E-state index contributed by atoms with van der Waals surface area (Å²) >= 11 is 3.14. The van der Waals surface area contributed by atoms with Gasteiger partial charge in [-0.15, -0.1) is 0 Å². The van der Waals surface area contributed by atoms with E-state index < -0.39 is 22.7 Å². The van der Waals surface area contributed by atoms with E-state index in [1.807, 2.05) is 0 Å². The molecule has 1 unspecified atom stereocenters. The summed E-state index contributed by atoms with van der Waals surface area (Å²) in [5, 5.41) is 20.0. The number of aryl methyl sites for hydroxylation is 1. The zero-order valence-corrected chi connectivity index (χ0v) is 12.0. The lowest BCUT2D eigenvalue weighted by Crippen LogP contribution is -2.27. The van der Waals surface area contributed by atoms with E-state index in [0.29, 0.717) is 10.2 Å². The van der Waals surface area contributed by atoms with Crippen molar-refractivity contribution < 1.29 is 19.6 Å². The van der Waals surface area contributed by atoms with Gasteiger partial charge in [0, 0.05) is 23.5 Å². The molecule has 20 heavy (non-hydrogen) atoms. The maximum absolute atomic E-state index is 11.8. The van der Waals surface area contributed by atoms with Crippen LogP contribution in [0.15, 0.2) is 10.5 Å². The van der Waals surface area contributed by atoms with Crippen LogP contribution in [0.1, 0.15) is 12.1 Å². The molecule has 1 saturated heterocycles. The third-order valence-electron chi connectivity index (χ3n) is 3.04. The van der Waals surface area contributed by atoms with Crippen molar-refractivity contribution in [2.75, 3.05) is 11.4 Å². The first-order chi connectivity index (χ1) is 9.31. The molecular formula is C11H10BrN3O5. The van der Waals surface area contributed by atoms with Crippen LogP contribution in [0.5, 0.6) is 0 Å². The third kappa shape index (κ3) is 2.48. The van der Waals surface area contributed by atoms with Gasteiger partial charge in [-0.25, -0.2) is 4.98 Å². The second kappa shape index (κ2) is 5.16. The van der Waals surface area contributed by atoms with E-state index in [4.69, 9.17) is 5.11 Å². The fourth-order valence-electron chi connectivity index (χ4n) is 1.97. The van der Waals surface area contributed by atoms with Gasteiger partial charge in [-0.05, 0) is 22.9 Å². The molecule has 2 heterocycles. The Bertz CT molecular complexity index is 618. The van der Waals surface area contributed by atoms with Crippen LogP contribution in [-0.2, 0) is 9.59 Å². The number of aromatic nitrogens is 1. The summed E-state index contributed by atoms with van der Waals surface area (Å²) in [6.07, 6.45) is -0.177. The minimum Gasteiger partial charge on any atom is -0.481 e. The van der Waals surface area contributed by atoms with Gasteiger partial charge in [0.1, 0.15) is 0 Å². The number of carbonyl (C=O) groups is 2. The van der Waals surface area contributed by atoms with Crippen molar-refractivity contribution in [2.24, 2.45) is 5.92 Å². The number of halogens is 1. The average molecular weight is 344 g/mol. The van der Waals surface area contributed by atoms with E-state index in [9.17, 15) is 19.7 Å². The van der Waals surface area contributed by atoms with Crippen LogP contribution in [-0.4, -0.2) is 33.4 Å². The Morgan fingerprint density at radius 2 is 2.30 bits per heavy atom. The van der Waals surface area contributed by atoms with E-state index in [1.165, 1.54) is 6.07 Å². The van der Waals surface area contributed by atoms with Gasteiger partial charge in [0.15, 0.2) is 0 Å². The second-order valence-corrected chi connectivity index (χ2v) is 5.25. The van der Waals surface area contributed by atoms with Crippen molar-refractivity contribution >= 4 is 39.3 Å². The number of nitro groups is 1. The molecule has 0 aliphatic carbocycles. The molecule has 1 atom stereocenters. The molecule has 1 aromatic rings. The number of carbonyl (C=O) groups excluding carboxylic acids is 1. The first-order valence-electron chi connectivity index (χ1n) is 5.66. The Kier molecular flexibility index (Phi) is 3.71. The average Bonchev–Trinajstić information content (AvgIpc) is 2.74. The molecule has 0 aromatic carbocycles. The molecule has 2 rings (SSSR count). The van der Waals surface area contributed by atoms with Crippen molar-refractivity contribution in [3.05, 3.63) is 26.3 Å². The van der Waals surface area contributed by atoms with Gasteiger partial charge in [0.05, 0.1) is 16.5 Å². The van der Waals surface area contributed by atoms with Crippen LogP contribution in [0.3, 0.4) is 0 Å². The largest absolute Gasteiger partial charge is 0.481 e. The van der Waals surface area contributed by atoms with Crippen LogP contribution >= 0.6 is 15.9 Å². The lowest BCUT2D eigenvalue weighted by Gasteiger charge is -2.15. The molecule has 1 aliphatic heterocycles. The number of nitrogens with zero attached hydrogens (tertiary/aromatic N) is 3. The van der Waals surface area contributed by atoms with Crippen molar-refractivity contribution in [3.8, 4) is 0 Å². The minimum atomic E-state index is -1.10. The molecule has 1 aromatic heterocycles. The highest BCUT2D eigenvalue weighted by Gasteiger charge is 2.38. The van der Waals surface area contributed by atoms with E-state index in [0.717, 1.165) is 4.90 Å². The van der Waals surface area contributed by atoms with Gasteiger partial charge in [0.2, 0.25) is 11.7 Å². The summed E-state index contributed by atoms with van der Waals surface area (Å²) in [5.41, 5.74) is 0.152. The Balaban J connectivity index is 2.47. The maximum atomic E-state index is 11.8. The molecular weight excluding hydrogens is 334 g/mol. The molecule has 0 saturated carbocycles. The fourth-order valence-corrected chi connectivity index (χ4v) is 2.27. The molecule has 1 fully saturated rings. The highest BCUT2D eigenvalue weighted by atomic mass is 79.9. The van der Waals surface area contributed by atoms with E-state index in [-0.39, 0.29) is 24.5 Å². The molecule has 106 valence electrons. The summed E-state index contributed by atoms with van der Waals surface area (Å²) in [6, 6.07) is 1.26. The Morgan fingerprint density at radius 3 is 2.80 bits per heavy atom. The summed E-state index contributed by atoms with van der Waals surface area (Å²) in [5.74, 6) is -2.55. The highest BCUT2D eigenvalue weighted by Crippen LogP contribution is 2.34. The first kappa shape index (κ1) is 14.4. The number of pyridine rings is 1. The zero-order valence-electron chi connectivity index (χ0n) is 10.4. The SMILES string of the molecule is Cc1nc(N2CC(C(=O)O)CC2=O)c([N+](=O)[O-])cc1Br. The number of rotatable bonds is 3. The Morgan fingerprint density at radius 1 is 1.65 bits per heavy atom. The van der Waals surface area contributed by atoms with Crippen molar-refractivity contribution in [1.82, 2.24) is 4.98 Å². The predicted octanol–water partition coefficient (Wildman–Crippen LogP) is 1.50. The van der Waals surface area contributed by atoms with E-state index in [2.05, 4.69) is 20.9 Å². The lowest BCUT2D eigenvalue weighted by atomic mass is 10.1. The quantitative estimate of drug-likeness (QED) is 0.657. The smallest absolute Gasteiger partial charge is 0.313 e. The molecule has 8 nitrogen and oxygen atoms in total. The molecule has 1 aliphatic rings. The van der Waals surface area contributed by atoms with Crippen molar-refractivity contribution in [1.29, 1.82) is 0 Å². The second-order valence-electron chi connectivity index (χ2n) is 4.40. The van der Waals surface area contributed by atoms with Crippen LogP contribution in [0.2, 0.25) is 0 Å². The maximum Gasteiger partial charge on any atom is 0.313 e. The van der Waals surface area contributed by atoms with E-state index in [1.54, 1.807) is 6.92 Å². The number of carboxylic acids is 1. The summed E-state index contributed by atoms with van der Waals surface area (Å²) < 4.78 is 0.453. The lowest BCUT2D eigenvalue weighted by molar-refractivity contribution is -0.384. The standard InChI is InChI=1S/C11H10BrN3O5/c1-5-7(12)3-8(15(19)20)10(13-5)14-4-6(11(17)18)2-9(14)16/h3,6H,2,4H2,1H3,(H,17,18). The number of anilines is 1. The van der Waals surface area contributed by atoms with Gasteiger partial charge in [-0.2, -0.15) is 0 Å². The zero-order chi connectivity index (χ0) is 15.0. The third-order valence-corrected chi connectivity index (χ3v) is 3.84. The summed E-state index contributed by atoms with van der Waals surface area (Å²) in [6.45, 7) is 1.52. The van der Waals surface area contributed by atoms with Gasteiger partial charge in [-0.3, -0.25) is 24.6 Å². The molecule has 0 bridgehead atoms. The highest BCUT2D eigenvalue weighted by molar-refractivity contribution is 9.10. The number of carboxylic acid groups (broad SMARTS) is 1. The van der Waals surface area contributed by atoms with E-state index >= 15 is 0 Å². The summed E-state index contributed by atoms with van der Waals surface area (Å²) in [4.78, 5) is 38.3. The van der Waals surface area contributed by atoms with Crippen LogP contribution in [0.25, 0.3) is 0 Å². The number of amides is 1. The molecule has 9 heteroatoms. The molecule has 0 radical (unpaired) electrons. The van der Waals surface area contributed by atoms with Crippen LogP contribution in [0, 0.1) is 23.0 Å². The summed E-state index contributed by atoms with van der Waals surface area (Å²) in [7, 11) is 0.